The summed E-state index contributed by atoms with van der Waals surface area (Å²) in [5.41, 5.74) is 2.69. The molecular weight excluding hydrogens is 366 g/mol. The standard InChI is InChI=1S/C21H25N7O/c1-15(2)28-14-22-24-20(28)18-6-5-7-19(23-18)27-13-12-26(21(27)29)17-10-8-16(9-11-17)25(3)4/h5-11,14-15H,12-13H2,1-4H3. The predicted molar refractivity (Wildman–Crippen MR) is 114 cm³/mol. The largest absolute Gasteiger partial charge is 0.378 e. The average Bonchev–Trinajstić information content (AvgIpc) is 3.35. The van der Waals surface area contributed by atoms with Gasteiger partial charge in [0.05, 0.1) is 0 Å². The second-order valence-corrected chi connectivity index (χ2v) is 7.53. The lowest BCUT2D eigenvalue weighted by Crippen LogP contribution is -2.32. The van der Waals surface area contributed by atoms with Crippen LogP contribution in [0.3, 0.4) is 0 Å². The third-order valence-corrected chi connectivity index (χ3v) is 5.06. The second kappa shape index (κ2) is 7.54. The highest BCUT2D eigenvalue weighted by Crippen LogP contribution is 2.27. The topological polar surface area (TPSA) is 70.4 Å². The first-order valence-electron chi connectivity index (χ1n) is 9.69. The molecule has 2 amide bonds. The first-order valence-corrected chi connectivity index (χ1v) is 9.69. The lowest BCUT2D eigenvalue weighted by Gasteiger charge is -2.20. The summed E-state index contributed by atoms with van der Waals surface area (Å²) in [6.45, 7) is 5.34. The summed E-state index contributed by atoms with van der Waals surface area (Å²) in [6.07, 6.45) is 1.70. The zero-order chi connectivity index (χ0) is 20.5. The van der Waals surface area contributed by atoms with Crippen LogP contribution in [0.5, 0.6) is 0 Å². The Balaban J connectivity index is 1.58. The van der Waals surface area contributed by atoms with E-state index in [9.17, 15) is 4.79 Å². The molecule has 2 aromatic heterocycles. The maximum Gasteiger partial charge on any atom is 0.330 e. The zero-order valence-electron chi connectivity index (χ0n) is 17.1. The number of amides is 2. The van der Waals surface area contributed by atoms with E-state index in [-0.39, 0.29) is 12.1 Å². The minimum atomic E-state index is -0.0717. The second-order valence-electron chi connectivity index (χ2n) is 7.53. The molecule has 1 aromatic carbocycles. The number of benzene rings is 1. The van der Waals surface area contributed by atoms with E-state index < -0.39 is 0 Å². The quantitative estimate of drug-likeness (QED) is 0.666. The van der Waals surface area contributed by atoms with Crippen molar-refractivity contribution >= 4 is 23.2 Å². The first-order chi connectivity index (χ1) is 14.0. The van der Waals surface area contributed by atoms with Crippen molar-refractivity contribution in [3.05, 3.63) is 48.8 Å². The van der Waals surface area contributed by atoms with E-state index in [0.29, 0.717) is 30.4 Å². The van der Waals surface area contributed by atoms with Gasteiger partial charge in [0.25, 0.3) is 0 Å². The molecule has 0 radical (unpaired) electrons. The highest BCUT2D eigenvalue weighted by molar-refractivity contribution is 6.05. The fraction of sp³-hybridized carbons (Fsp3) is 0.333. The van der Waals surface area contributed by atoms with Gasteiger partial charge in [0, 0.05) is 44.6 Å². The minimum Gasteiger partial charge on any atom is -0.378 e. The van der Waals surface area contributed by atoms with Crippen molar-refractivity contribution in [1.82, 2.24) is 19.7 Å². The van der Waals surface area contributed by atoms with Gasteiger partial charge >= 0.3 is 6.03 Å². The normalized spacial score (nSPS) is 14.2. The number of nitrogens with zero attached hydrogens (tertiary/aromatic N) is 7. The molecule has 3 aromatic rings. The summed E-state index contributed by atoms with van der Waals surface area (Å²) in [5, 5.41) is 8.23. The predicted octanol–water partition coefficient (Wildman–Crippen LogP) is 3.43. The summed E-state index contributed by atoms with van der Waals surface area (Å²) < 4.78 is 1.97. The Hall–Kier alpha value is -3.42. The highest BCUT2D eigenvalue weighted by atomic mass is 16.2. The third-order valence-electron chi connectivity index (χ3n) is 5.06. The van der Waals surface area contributed by atoms with E-state index in [2.05, 4.69) is 24.0 Å². The number of aromatic nitrogens is 4. The number of anilines is 3. The van der Waals surface area contributed by atoms with Crippen LogP contribution in [0.25, 0.3) is 11.5 Å². The number of rotatable bonds is 5. The van der Waals surface area contributed by atoms with E-state index in [1.54, 1.807) is 16.1 Å². The van der Waals surface area contributed by atoms with Gasteiger partial charge < -0.3 is 9.47 Å². The van der Waals surface area contributed by atoms with Crippen molar-refractivity contribution < 1.29 is 4.79 Å². The number of hydrogen-bond acceptors (Lipinski definition) is 5. The molecule has 1 aliphatic rings. The highest BCUT2D eigenvalue weighted by Gasteiger charge is 2.31. The smallest absolute Gasteiger partial charge is 0.330 e. The molecule has 0 unspecified atom stereocenters. The Morgan fingerprint density at radius 1 is 1.00 bits per heavy atom. The van der Waals surface area contributed by atoms with Crippen LogP contribution < -0.4 is 14.7 Å². The lowest BCUT2D eigenvalue weighted by molar-refractivity contribution is 0.255. The minimum absolute atomic E-state index is 0.0717. The Morgan fingerprint density at radius 2 is 1.72 bits per heavy atom. The van der Waals surface area contributed by atoms with Crippen molar-refractivity contribution in [1.29, 1.82) is 0 Å². The molecule has 0 aliphatic carbocycles. The van der Waals surface area contributed by atoms with Crippen LogP contribution >= 0.6 is 0 Å². The fourth-order valence-corrected chi connectivity index (χ4v) is 3.42. The van der Waals surface area contributed by atoms with Crippen molar-refractivity contribution in [2.75, 3.05) is 41.9 Å². The fourth-order valence-electron chi connectivity index (χ4n) is 3.42. The molecule has 0 bridgehead atoms. The van der Waals surface area contributed by atoms with E-state index in [1.807, 2.05) is 66.0 Å². The molecule has 29 heavy (non-hydrogen) atoms. The number of carbonyl (C=O) groups excluding carboxylic acids is 1. The molecule has 1 aliphatic heterocycles. The average molecular weight is 391 g/mol. The van der Waals surface area contributed by atoms with E-state index >= 15 is 0 Å². The molecule has 8 nitrogen and oxygen atoms in total. The molecular formula is C21H25N7O. The van der Waals surface area contributed by atoms with Gasteiger partial charge in [0.15, 0.2) is 5.82 Å². The van der Waals surface area contributed by atoms with Crippen molar-refractivity contribution in [3.8, 4) is 11.5 Å². The van der Waals surface area contributed by atoms with Crippen molar-refractivity contribution in [3.63, 3.8) is 0 Å². The van der Waals surface area contributed by atoms with Gasteiger partial charge in [-0.1, -0.05) is 6.07 Å². The SMILES string of the molecule is CC(C)n1cnnc1-c1cccc(N2CCN(c3ccc(N(C)C)cc3)C2=O)n1. The summed E-state index contributed by atoms with van der Waals surface area (Å²) in [5.74, 6) is 1.32. The lowest BCUT2D eigenvalue weighted by atomic mass is 10.2. The van der Waals surface area contributed by atoms with Crippen molar-refractivity contribution in [2.45, 2.75) is 19.9 Å². The molecule has 8 heteroatoms. The third kappa shape index (κ3) is 3.53. The summed E-state index contributed by atoms with van der Waals surface area (Å²) in [4.78, 5) is 23.3. The Bertz CT molecular complexity index is 1010. The van der Waals surface area contributed by atoms with Gasteiger partial charge in [-0.05, 0) is 50.2 Å². The zero-order valence-corrected chi connectivity index (χ0v) is 17.1. The number of pyridine rings is 1. The maximum atomic E-state index is 13.1. The number of carbonyl (C=O) groups is 1. The Kier molecular flexibility index (Phi) is 4.92. The monoisotopic (exact) mass is 391 g/mol. The van der Waals surface area contributed by atoms with Crippen LogP contribution in [0.2, 0.25) is 0 Å². The molecule has 3 heterocycles. The molecule has 0 spiro atoms. The van der Waals surface area contributed by atoms with Crippen LogP contribution in [0.1, 0.15) is 19.9 Å². The molecule has 150 valence electrons. The van der Waals surface area contributed by atoms with E-state index in [0.717, 1.165) is 11.4 Å². The summed E-state index contributed by atoms with van der Waals surface area (Å²) >= 11 is 0. The van der Waals surface area contributed by atoms with Crippen LogP contribution in [-0.2, 0) is 0 Å². The summed E-state index contributed by atoms with van der Waals surface area (Å²) in [7, 11) is 3.99. The molecule has 1 fully saturated rings. The van der Waals surface area contributed by atoms with Gasteiger partial charge in [-0.15, -0.1) is 10.2 Å². The van der Waals surface area contributed by atoms with Gasteiger partial charge in [-0.2, -0.15) is 0 Å². The van der Waals surface area contributed by atoms with Crippen LogP contribution in [0.15, 0.2) is 48.8 Å². The number of urea groups is 1. The Labute approximate surface area is 170 Å². The maximum absolute atomic E-state index is 13.1. The van der Waals surface area contributed by atoms with Gasteiger partial charge in [0.1, 0.15) is 17.8 Å². The molecule has 0 atom stereocenters. The van der Waals surface area contributed by atoms with Gasteiger partial charge in [-0.3, -0.25) is 9.80 Å². The molecule has 0 saturated carbocycles. The van der Waals surface area contributed by atoms with Crippen LogP contribution in [-0.4, -0.2) is 53.0 Å². The van der Waals surface area contributed by atoms with E-state index in [1.165, 1.54) is 0 Å². The summed E-state index contributed by atoms with van der Waals surface area (Å²) in [6, 6.07) is 13.8. The number of hydrogen-bond donors (Lipinski definition) is 0. The van der Waals surface area contributed by atoms with Crippen LogP contribution in [0, 0.1) is 0 Å². The van der Waals surface area contributed by atoms with E-state index in [4.69, 9.17) is 4.98 Å². The van der Waals surface area contributed by atoms with Gasteiger partial charge in [-0.25, -0.2) is 9.78 Å². The Morgan fingerprint density at radius 3 is 2.41 bits per heavy atom. The molecule has 1 saturated heterocycles. The van der Waals surface area contributed by atoms with Gasteiger partial charge in [0.2, 0.25) is 0 Å². The molecule has 0 N–H and O–H groups in total. The van der Waals surface area contributed by atoms with Crippen LogP contribution in [0.4, 0.5) is 22.0 Å². The molecule has 4 rings (SSSR count). The first kappa shape index (κ1) is 18.9. The van der Waals surface area contributed by atoms with Crippen molar-refractivity contribution in [2.24, 2.45) is 0 Å².